The SMILES string of the molecule is CCN(CC1CCCCO1)c1nc(C)c(C)cc1C#N. The number of aryl methyl sites for hydroxylation is 2. The standard InChI is InChI=1S/C16H23N3O/c1-4-19(11-15-7-5-6-8-20-15)16-14(10-17)9-12(2)13(3)18-16/h9,15H,4-8,11H2,1-3H3. The van der Waals surface area contributed by atoms with E-state index in [1.165, 1.54) is 6.42 Å². The maximum Gasteiger partial charge on any atom is 0.146 e. The minimum atomic E-state index is 0.263. The molecule has 1 unspecified atom stereocenters. The molecule has 20 heavy (non-hydrogen) atoms. The fourth-order valence-electron chi connectivity index (χ4n) is 2.58. The minimum Gasteiger partial charge on any atom is -0.376 e. The van der Waals surface area contributed by atoms with Crippen molar-refractivity contribution in [3.8, 4) is 6.07 Å². The molecule has 4 nitrogen and oxygen atoms in total. The molecule has 1 aromatic rings. The lowest BCUT2D eigenvalue weighted by Crippen LogP contribution is -2.36. The summed E-state index contributed by atoms with van der Waals surface area (Å²) in [5.41, 5.74) is 2.71. The summed E-state index contributed by atoms with van der Waals surface area (Å²) in [6.07, 6.45) is 3.75. The second-order valence-corrected chi connectivity index (χ2v) is 5.40. The predicted octanol–water partition coefficient (Wildman–Crippen LogP) is 2.97. The third-order valence-electron chi connectivity index (χ3n) is 3.95. The zero-order valence-electron chi connectivity index (χ0n) is 12.6. The van der Waals surface area contributed by atoms with E-state index in [1.54, 1.807) is 0 Å². The molecule has 1 aromatic heterocycles. The third-order valence-corrected chi connectivity index (χ3v) is 3.95. The summed E-state index contributed by atoms with van der Waals surface area (Å²) in [4.78, 5) is 6.80. The van der Waals surface area contributed by atoms with Crippen LogP contribution in [-0.4, -0.2) is 30.8 Å². The maximum absolute atomic E-state index is 9.34. The van der Waals surface area contributed by atoms with Gasteiger partial charge in [-0.25, -0.2) is 4.98 Å². The van der Waals surface area contributed by atoms with Gasteiger partial charge in [0, 0.05) is 25.4 Å². The minimum absolute atomic E-state index is 0.263. The third kappa shape index (κ3) is 3.29. The van der Waals surface area contributed by atoms with Crippen molar-refractivity contribution in [2.24, 2.45) is 0 Å². The number of hydrogen-bond donors (Lipinski definition) is 0. The monoisotopic (exact) mass is 273 g/mol. The molecule has 2 heterocycles. The van der Waals surface area contributed by atoms with Crippen LogP contribution in [0, 0.1) is 25.2 Å². The number of anilines is 1. The molecule has 0 radical (unpaired) electrons. The van der Waals surface area contributed by atoms with Crippen LogP contribution in [0.5, 0.6) is 0 Å². The van der Waals surface area contributed by atoms with E-state index >= 15 is 0 Å². The number of aromatic nitrogens is 1. The van der Waals surface area contributed by atoms with Crippen LogP contribution in [0.15, 0.2) is 6.07 Å². The lowest BCUT2D eigenvalue weighted by Gasteiger charge is -2.30. The predicted molar refractivity (Wildman–Crippen MR) is 79.9 cm³/mol. The number of nitriles is 1. The summed E-state index contributed by atoms with van der Waals surface area (Å²) >= 11 is 0. The summed E-state index contributed by atoms with van der Waals surface area (Å²) in [5, 5.41) is 9.34. The fourth-order valence-corrected chi connectivity index (χ4v) is 2.58. The van der Waals surface area contributed by atoms with Crippen LogP contribution < -0.4 is 4.90 Å². The first-order valence-electron chi connectivity index (χ1n) is 7.40. The van der Waals surface area contributed by atoms with Gasteiger partial charge in [0.15, 0.2) is 0 Å². The van der Waals surface area contributed by atoms with Crippen molar-refractivity contribution in [2.75, 3.05) is 24.6 Å². The molecule has 0 aromatic carbocycles. The van der Waals surface area contributed by atoms with Gasteiger partial charge in [0.1, 0.15) is 11.9 Å². The van der Waals surface area contributed by atoms with Gasteiger partial charge in [-0.05, 0) is 51.7 Å². The molecule has 0 spiro atoms. The molecule has 1 saturated heterocycles. The Morgan fingerprint density at radius 1 is 1.45 bits per heavy atom. The fraction of sp³-hybridized carbons (Fsp3) is 0.625. The summed E-state index contributed by atoms with van der Waals surface area (Å²) in [6, 6.07) is 4.20. The van der Waals surface area contributed by atoms with Gasteiger partial charge in [0.25, 0.3) is 0 Å². The number of nitrogens with zero attached hydrogens (tertiary/aromatic N) is 3. The molecule has 0 amide bonds. The smallest absolute Gasteiger partial charge is 0.146 e. The number of pyridine rings is 1. The molecule has 0 saturated carbocycles. The highest BCUT2D eigenvalue weighted by molar-refractivity contribution is 5.56. The number of hydrogen-bond acceptors (Lipinski definition) is 4. The van der Waals surface area contributed by atoms with Gasteiger partial charge in [-0.3, -0.25) is 0 Å². The highest BCUT2D eigenvalue weighted by atomic mass is 16.5. The first-order valence-corrected chi connectivity index (χ1v) is 7.40. The second-order valence-electron chi connectivity index (χ2n) is 5.40. The highest BCUT2D eigenvalue weighted by Gasteiger charge is 2.20. The van der Waals surface area contributed by atoms with E-state index in [0.717, 1.165) is 49.6 Å². The van der Waals surface area contributed by atoms with Crippen molar-refractivity contribution in [1.82, 2.24) is 4.98 Å². The Balaban J connectivity index is 2.22. The average molecular weight is 273 g/mol. The van der Waals surface area contributed by atoms with Crippen LogP contribution in [0.3, 0.4) is 0 Å². The van der Waals surface area contributed by atoms with Gasteiger partial charge in [-0.1, -0.05) is 0 Å². The van der Waals surface area contributed by atoms with Crippen molar-refractivity contribution in [3.63, 3.8) is 0 Å². The second kappa shape index (κ2) is 6.71. The molecular formula is C16H23N3O. The van der Waals surface area contributed by atoms with Gasteiger partial charge >= 0.3 is 0 Å². The lowest BCUT2D eigenvalue weighted by molar-refractivity contribution is 0.0210. The molecule has 0 aliphatic carbocycles. The van der Waals surface area contributed by atoms with Crippen LogP contribution in [0.1, 0.15) is 43.0 Å². The molecule has 4 heteroatoms. The molecule has 2 rings (SSSR count). The highest BCUT2D eigenvalue weighted by Crippen LogP contribution is 2.22. The topological polar surface area (TPSA) is 49.1 Å². The van der Waals surface area contributed by atoms with Crippen molar-refractivity contribution >= 4 is 5.82 Å². The molecule has 1 atom stereocenters. The zero-order chi connectivity index (χ0) is 14.5. The van der Waals surface area contributed by atoms with Gasteiger partial charge in [0.2, 0.25) is 0 Å². The molecule has 108 valence electrons. The Bertz CT molecular complexity index is 501. The Morgan fingerprint density at radius 2 is 2.25 bits per heavy atom. The quantitative estimate of drug-likeness (QED) is 0.846. The molecule has 0 bridgehead atoms. The Hall–Kier alpha value is -1.60. The average Bonchev–Trinajstić information content (AvgIpc) is 2.48. The number of rotatable bonds is 4. The van der Waals surface area contributed by atoms with Gasteiger partial charge in [0.05, 0.1) is 11.7 Å². The van der Waals surface area contributed by atoms with E-state index in [9.17, 15) is 5.26 Å². The molecule has 1 aliphatic rings. The molecule has 1 aliphatic heterocycles. The maximum atomic E-state index is 9.34. The van der Waals surface area contributed by atoms with Gasteiger partial charge in [-0.2, -0.15) is 5.26 Å². The molecule has 0 N–H and O–H groups in total. The summed E-state index contributed by atoms with van der Waals surface area (Å²) in [7, 11) is 0. The van der Waals surface area contributed by atoms with Crippen LogP contribution in [0.4, 0.5) is 5.82 Å². The zero-order valence-corrected chi connectivity index (χ0v) is 12.6. The Kier molecular flexibility index (Phi) is 4.97. The number of ether oxygens (including phenoxy) is 1. The van der Waals surface area contributed by atoms with E-state index in [4.69, 9.17) is 4.74 Å². The van der Waals surface area contributed by atoms with E-state index < -0.39 is 0 Å². The normalized spacial score (nSPS) is 18.6. The summed E-state index contributed by atoms with van der Waals surface area (Å²) < 4.78 is 5.81. The summed E-state index contributed by atoms with van der Waals surface area (Å²) in [5.74, 6) is 0.798. The van der Waals surface area contributed by atoms with Crippen LogP contribution in [0.2, 0.25) is 0 Å². The number of likely N-dealkylation sites (N-methyl/N-ethyl adjacent to an activating group) is 1. The largest absolute Gasteiger partial charge is 0.376 e. The van der Waals surface area contributed by atoms with Gasteiger partial charge < -0.3 is 9.64 Å². The first-order chi connectivity index (χ1) is 9.65. The van der Waals surface area contributed by atoms with Crippen LogP contribution in [-0.2, 0) is 4.74 Å². The summed E-state index contributed by atoms with van der Waals surface area (Å²) in [6.45, 7) is 8.59. The van der Waals surface area contributed by atoms with Crippen molar-refractivity contribution < 1.29 is 4.74 Å². The first kappa shape index (κ1) is 14.8. The molecule has 1 fully saturated rings. The van der Waals surface area contributed by atoms with Crippen LogP contribution in [0.25, 0.3) is 0 Å². The van der Waals surface area contributed by atoms with Gasteiger partial charge in [-0.15, -0.1) is 0 Å². The van der Waals surface area contributed by atoms with Crippen molar-refractivity contribution in [3.05, 3.63) is 22.9 Å². The van der Waals surface area contributed by atoms with E-state index in [1.807, 2.05) is 19.9 Å². The van der Waals surface area contributed by atoms with Crippen molar-refractivity contribution in [1.29, 1.82) is 5.26 Å². The van der Waals surface area contributed by atoms with E-state index in [-0.39, 0.29) is 6.10 Å². The Labute approximate surface area is 121 Å². The van der Waals surface area contributed by atoms with Crippen molar-refractivity contribution in [2.45, 2.75) is 46.1 Å². The van der Waals surface area contributed by atoms with Crippen LogP contribution >= 0.6 is 0 Å². The molecular weight excluding hydrogens is 250 g/mol. The van der Waals surface area contributed by atoms with E-state index in [2.05, 4.69) is 22.9 Å². The Morgan fingerprint density at radius 3 is 2.85 bits per heavy atom. The van der Waals surface area contributed by atoms with E-state index in [0.29, 0.717) is 5.56 Å². The lowest BCUT2D eigenvalue weighted by atomic mass is 10.1.